The molecule has 1 aliphatic carbocycles. The summed E-state index contributed by atoms with van der Waals surface area (Å²) < 4.78 is 1.64. The van der Waals surface area contributed by atoms with E-state index in [1.165, 1.54) is 0 Å². The standard InChI is InChI=1S/C15H22N2O2/c1-4-5-11-6-7-14(18)12(8-11)15(19)13-9-17(3)16-10(13)2/h9,11-12H,4-8H2,1-3H3. The lowest BCUT2D eigenvalue weighted by molar-refractivity contribution is -0.124. The molecule has 1 aromatic rings. The van der Waals surface area contributed by atoms with Crippen molar-refractivity contribution in [3.05, 3.63) is 17.5 Å². The Labute approximate surface area is 114 Å². The van der Waals surface area contributed by atoms with Crippen LogP contribution >= 0.6 is 0 Å². The molecular formula is C15H22N2O2. The van der Waals surface area contributed by atoms with Gasteiger partial charge in [-0.05, 0) is 25.7 Å². The largest absolute Gasteiger partial charge is 0.299 e. The summed E-state index contributed by atoms with van der Waals surface area (Å²) in [7, 11) is 1.80. The highest BCUT2D eigenvalue weighted by Crippen LogP contribution is 2.32. The summed E-state index contributed by atoms with van der Waals surface area (Å²) in [5.41, 5.74) is 1.33. The Balaban J connectivity index is 2.17. The number of aryl methyl sites for hydroxylation is 2. The van der Waals surface area contributed by atoms with E-state index in [0.29, 0.717) is 17.9 Å². The molecule has 0 amide bonds. The molecule has 4 heteroatoms. The van der Waals surface area contributed by atoms with Gasteiger partial charge in [0.2, 0.25) is 0 Å². The van der Waals surface area contributed by atoms with Crippen LogP contribution in [0.2, 0.25) is 0 Å². The fraction of sp³-hybridized carbons (Fsp3) is 0.667. The summed E-state index contributed by atoms with van der Waals surface area (Å²) in [4.78, 5) is 24.5. The highest BCUT2D eigenvalue weighted by molar-refractivity contribution is 6.11. The molecule has 0 saturated heterocycles. The minimum absolute atomic E-state index is 0.0311. The summed E-state index contributed by atoms with van der Waals surface area (Å²) in [6.45, 7) is 3.97. The molecule has 1 saturated carbocycles. The second-order valence-corrected chi connectivity index (χ2v) is 5.61. The minimum atomic E-state index is -0.437. The number of nitrogens with zero attached hydrogens (tertiary/aromatic N) is 2. The number of Topliss-reactive ketones (excluding diaryl/α,β-unsaturated/α-hetero) is 2. The Bertz CT molecular complexity index is 490. The van der Waals surface area contributed by atoms with Crippen LogP contribution in [0.1, 0.15) is 55.1 Å². The molecule has 2 unspecified atom stereocenters. The zero-order valence-electron chi connectivity index (χ0n) is 12.0. The van der Waals surface area contributed by atoms with E-state index in [1.54, 1.807) is 17.9 Å². The van der Waals surface area contributed by atoms with Gasteiger partial charge in [0.15, 0.2) is 5.78 Å². The number of rotatable bonds is 4. The van der Waals surface area contributed by atoms with E-state index >= 15 is 0 Å². The molecule has 2 atom stereocenters. The second-order valence-electron chi connectivity index (χ2n) is 5.61. The van der Waals surface area contributed by atoms with Gasteiger partial charge in [0.1, 0.15) is 5.78 Å². The number of aromatic nitrogens is 2. The van der Waals surface area contributed by atoms with Gasteiger partial charge >= 0.3 is 0 Å². The lowest BCUT2D eigenvalue weighted by atomic mass is 9.75. The molecule has 1 heterocycles. The third-order valence-electron chi connectivity index (χ3n) is 4.05. The Kier molecular flexibility index (Phi) is 4.17. The highest BCUT2D eigenvalue weighted by Gasteiger charge is 2.34. The SMILES string of the molecule is CCCC1CCC(=O)C(C(=O)c2cn(C)nc2C)C1. The van der Waals surface area contributed by atoms with E-state index in [4.69, 9.17) is 0 Å². The van der Waals surface area contributed by atoms with Crippen molar-refractivity contribution in [3.63, 3.8) is 0 Å². The van der Waals surface area contributed by atoms with Crippen molar-refractivity contribution >= 4 is 11.6 Å². The van der Waals surface area contributed by atoms with Crippen molar-refractivity contribution in [1.82, 2.24) is 9.78 Å². The fourth-order valence-electron chi connectivity index (χ4n) is 3.06. The quantitative estimate of drug-likeness (QED) is 0.619. The van der Waals surface area contributed by atoms with Crippen LogP contribution in [0, 0.1) is 18.8 Å². The van der Waals surface area contributed by atoms with Gasteiger partial charge < -0.3 is 0 Å². The van der Waals surface area contributed by atoms with Crippen molar-refractivity contribution in [1.29, 1.82) is 0 Å². The zero-order valence-corrected chi connectivity index (χ0v) is 12.0. The third-order valence-corrected chi connectivity index (χ3v) is 4.05. The number of ketones is 2. The fourth-order valence-corrected chi connectivity index (χ4v) is 3.06. The van der Waals surface area contributed by atoms with E-state index in [9.17, 15) is 9.59 Å². The lowest BCUT2D eigenvalue weighted by Crippen LogP contribution is -2.31. The first kappa shape index (κ1) is 14.0. The number of hydrogen-bond donors (Lipinski definition) is 0. The Hall–Kier alpha value is -1.45. The summed E-state index contributed by atoms with van der Waals surface area (Å²) in [5, 5.41) is 4.19. The van der Waals surface area contributed by atoms with E-state index in [0.717, 1.165) is 31.4 Å². The number of carbonyl (C=O) groups excluding carboxylic acids is 2. The number of carbonyl (C=O) groups is 2. The van der Waals surface area contributed by atoms with Crippen LogP contribution < -0.4 is 0 Å². The van der Waals surface area contributed by atoms with Crippen LogP contribution in [0.5, 0.6) is 0 Å². The molecule has 0 bridgehead atoms. The van der Waals surface area contributed by atoms with Crippen molar-refractivity contribution in [2.75, 3.05) is 0 Å². The molecule has 1 fully saturated rings. The third kappa shape index (κ3) is 2.94. The van der Waals surface area contributed by atoms with Crippen LogP contribution in [0.25, 0.3) is 0 Å². The first-order valence-corrected chi connectivity index (χ1v) is 7.10. The first-order valence-electron chi connectivity index (χ1n) is 7.10. The van der Waals surface area contributed by atoms with Gasteiger partial charge in [-0.1, -0.05) is 19.8 Å². The molecule has 0 aliphatic heterocycles. The van der Waals surface area contributed by atoms with E-state index in [2.05, 4.69) is 12.0 Å². The number of hydrogen-bond acceptors (Lipinski definition) is 3. The van der Waals surface area contributed by atoms with Crippen LogP contribution in [-0.4, -0.2) is 21.3 Å². The molecule has 4 nitrogen and oxygen atoms in total. The topological polar surface area (TPSA) is 52.0 Å². The average Bonchev–Trinajstić information content (AvgIpc) is 2.70. The second kappa shape index (κ2) is 5.68. The maximum absolute atomic E-state index is 12.5. The van der Waals surface area contributed by atoms with Gasteiger partial charge in [-0.25, -0.2) is 0 Å². The van der Waals surface area contributed by atoms with Gasteiger partial charge in [-0.2, -0.15) is 5.10 Å². The molecule has 0 radical (unpaired) electrons. The van der Waals surface area contributed by atoms with Crippen LogP contribution in [0.15, 0.2) is 6.20 Å². The van der Waals surface area contributed by atoms with E-state index in [1.807, 2.05) is 6.92 Å². The summed E-state index contributed by atoms with van der Waals surface area (Å²) in [6.07, 6.45) is 6.19. The van der Waals surface area contributed by atoms with Crippen LogP contribution in [0.3, 0.4) is 0 Å². The maximum Gasteiger partial charge on any atom is 0.176 e. The molecule has 0 spiro atoms. The lowest BCUT2D eigenvalue weighted by Gasteiger charge is -2.26. The Morgan fingerprint density at radius 2 is 2.26 bits per heavy atom. The van der Waals surface area contributed by atoms with Gasteiger partial charge in [0.05, 0.1) is 17.2 Å². The maximum atomic E-state index is 12.5. The molecular weight excluding hydrogens is 240 g/mol. The van der Waals surface area contributed by atoms with Gasteiger partial charge in [0, 0.05) is 19.7 Å². The van der Waals surface area contributed by atoms with Gasteiger partial charge in [0.25, 0.3) is 0 Å². The van der Waals surface area contributed by atoms with Gasteiger partial charge in [-0.15, -0.1) is 0 Å². The molecule has 1 aromatic heterocycles. The van der Waals surface area contributed by atoms with Crippen molar-refractivity contribution in [3.8, 4) is 0 Å². The monoisotopic (exact) mass is 262 g/mol. The molecule has 0 N–H and O–H groups in total. The Morgan fingerprint density at radius 3 is 2.84 bits per heavy atom. The molecule has 2 rings (SSSR count). The van der Waals surface area contributed by atoms with Gasteiger partial charge in [-0.3, -0.25) is 14.3 Å². The normalized spacial score (nSPS) is 23.6. The van der Waals surface area contributed by atoms with Crippen molar-refractivity contribution < 1.29 is 9.59 Å². The van der Waals surface area contributed by atoms with Crippen LogP contribution in [0.4, 0.5) is 0 Å². The summed E-state index contributed by atoms with van der Waals surface area (Å²) in [6, 6.07) is 0. The van der Waals surface area contributed by atoms with E-state index < -0.39 is 5.92 Å². The average molecular weight is 262 g/mol. The molecule has 104 valence electrons. The predicted octanol–water partition coefficient (Wildman–Crippen LogP) is 2.70. The Morgan fingerprint density at radius 1 is 1.53 bits per heavy atom. The first-order chi connectivity index (χ1) is 9.02. The molecule has 0 aromatic carbocycles. The van der Waals surface area contributed by atoms with Crippen LogP contribution in [-0.2, 0) is 11.8 Å². The minimum Gasteiger partial charge on any atom is -0.299 e. The smallest absolute Gasteiger partial charge is 0.176 e. The molecule has 1 aliphatic rings. The predicted molar refractivity (Wildman–Crippen MR) is 73.0 cm³/mol. The van der Waals surface area contributed by atoms with Crippen molar-refractivity contribution in [2.45, 2.75) is 46.0 Å². The summed E-state index contributed by atoms with van der Waals surface area (Å²) >= 11 is 0. The highest BCUT2D eigenvalue weighted by atomic mass is 16.2. The zero-order chi connectivity index (χ0) is 14.0. The van der Waals surface area contributed by atoms with Crippen molar-refractivity contribution in [2.24, 2.45) is 18.9 Å². The molecule has 19 heavy (non-hydrogen) atoms. The summed E-state index contributed by atoms with van der Waals surface area (Å²) in [5.74, 6) is 0.166. The van der Waals surface area contributed by atoms with E-state index in [-0.39, 0.29) is 11.6 Å².